The molecule has 1 aromatic heterocycles. The molecule has 2 N–H and O–H groups in total. The SMILES string of the molecule is NCc1ccnc(OCc2ccccc2Br)n1. The molecule has 17 heavy (non-hydrogen) atoms. The Morgan fingerprint density at radius 1 is 1.24 bits per heavy atom. The lowest BCUT2D eigenvalue weighted by molar-refractivity contribution is 0.279. The summed E-state index contributed by atoms with van der Waals surface area (Å²) < 4.78 is 6.52. The molecule has 0 saturated heterocycles. The van der Waals surface area contributed by atoms with Gasteiger partial charge in [0.25, 0.3) is 0 Å². The summed E-state index contributed by atoms with van der Waals surface area (Å²) in [6.07, 6.45) is 1.64. The summed E-state index contributed by atoms with van der Waals surface area (Å²) >= 11 is 3.46. The number of rotatable bonds is 4. The number of nitrogens with two attached hydrogens (primary N) is 1. The van der Waals surface area contributed by atoms with E-state index in [1.165, 1.54) is 0 Å². The molecule has 88 valence electrons. The molecule has 0 amide bonds. The van der Waals surface area contributed by atoms with Crippen molar-refractivity contribution in [1.82, 2.24) is 9.97 Å². The monoisotopic (exact) mass is 293 g/mol. The van der Waals surface area contributed by atoms with Crippen molar-refractivity contribution in [2.24, 2.45) is 5.73 Å². The van der Waals surface area contributed by atoms with Crippen molar-refractivity contribution >= 4 is 15.9 Å². The Bertz CT molecular complexity index is 505. The summed E-state index contributed by atoms with van der Waals surface area (Å²) in [5.74, 6) is 0. The van der Waals surface area contributed by atoms with Gasteiger partial charge in [0.1, 0.15) is 6.61 Å². The van der Waals surface area contributed by atoms with Gasteiger partial charge in [-0.1, -0.05) is 34.1 Å². The van der Waals surface area contributed by atoms with Crippen molar-refractivity contribution in [3.63, 3.8) is 0 Å². The third-order valence-electron chi connectivity index (χ3n) is 2.21. The summed E-state index contributed by atoms with van der Waals surface area (Å²) in [5, 5.41) is 0. The van der Waals surface area contributed by atoms with E-state index in [9.17, 15) is 0 Å². The molecule has 0 bridgehead atoms. The lowest BCUT2D eigenvalue weighted by atomic mass is 10.2. The molecule has 0 saturated carbocycles. The van der Waals surface area contributed by atoms with Gasteiger partial charge in [-0.05, 0) is 12.1 Å². The van der Waals surface area contributed by atoms with E-state index in [0.717, 1.165) is 15.7 Å². The Hall–Kier alpha value is -1.46. The largest absolute Gasteiger partial charge is 0.459 e. The minimum Gasteiger partial charge on any atom is -0.459 e. The van der Waals surface area contributed by atoms with Gasteiger partial charge in [0.15, 0.2) is 0 Å². The van der Waals surface area contributed by atoms with Crippen molar-refractivity contribution in [2.75, 3.05) is 0 Å². The highest BCUT2D eigenvalue weighted by atomic mass is 79.9. The normalized spacial score (nSPS) is 10.2. The van der Waals surface area contributed by atoms with Gasteiger partial charge in [-0.3, -0.25) is 0 Å². The topological polar surface area (TPSA) is 61.0 Å². The molecule has 1 aromatic carbocycles. The van der Waals surface area contributed by atoms with E-state index in [4.69, 9.17) is 10.5 Å². The third-order valence-corrected chi connectivity index (χ3v) is 2.99. The van der Waals surface area contributed by atoms with Crippen molar-refractivity contribution in [3.05, 3.63) is 52.3 Å². The lowest BCUT2D eigenvalue weighted by Gasteiger charge is -2.06. The van der Waals surface area contributed by atoms with Crippen molar-refractivity contribution in [2.45, 2.75) is 13.2 Å². The maximum Gasteiger partial charge on any atom is 0.316 e. The maximum atomic E-state index is 5.51. The molecular formula is C12H12BrN3O. The average Bonchev–Trinajstić information content (AvgIpc) is 2.38. The van der Waals surface area contributed by atoms with Crippen LogP contribution in [0, 0.1) is 0 Å². The smallest absolute Gasteiger partial charge is 0.316 e. The Morgan fingerprint density at radius 3 is 2.82 bits per heavy atom. The summed E-state index contributed by atoms with van der Waals surface area (Å²) in [5.41, 5.74) is 7.31. The van der Waals surface area contributed by atoms with Gasteiger partial charge in [0.2, 0.25) is 0 Å². The summed E-state index contributed by atoms with van der Waals surface area (Å²) in [7, 11) is 0. The quantitative estimate of drug-likeness (QED) is 0.939. The number of benzene rings is 1. The van der Waals surface area contributed by atoms with Crippen LogP contribution in [-0.4, -0.2) is 9.97 Å². The van der Waals surface area contributed by atoms with Crippen molar-refractivity contribution in [3.8, 4) is 6.01 Å². The van der Waals surface area contributed by atoms with Gasteiger partial charge >= 0.3 is 6.01 Å². The second-order valence-electron chi connectivity index (χ2n) is 3.41. The van der Waals surface area contributed by atoms with Crippen LogP contribution in [0.4, 0.5) is 0 Å². The van der Waals surface area contributed by atoms with Gasteiger partial charge in [0.05, 0.1) is 5.69 Å². The van der Waals surface area contributed by atoms with Gasteiger partial charge in [-0.25, -0.2) is 4.98 Å². The molecule has 0 radical (unpaired) electrons. The van der Waals surface area contributed by atoms with Gasteiger partial charge in [0, 0.05) is 22.8 Å². The number of halogens is 1. The van der Waals surface area contributed by atoms with Gasteiger partial charge in [-0.2, -0.15) is 4.98 Å². The molecule has 5 heteroatoms. The zero-order chi connectivity index (χ0) is 12.1. The average molecular weight is 294 g/mol. The second kappa shape index (κ2) is 5.75. The number of nitrogens with zero attached hydrogens (tertiary/aromatic N) is 2. The zero-order valence-corrected chi connectivity index (χ0v) is 10.7. The molecule has 0 fully saturated rings. The van der Waals surface area contributed by atoms with Crippen LogP contribution in [0.1, 0.15) is 11.3 Å². The Kier molecular flexibility index (Phi) is 4.06. The lowest BCUT2D eigenvalue weighted by Crippen LogP contribution is -2.04. The molecule has 1 heterocycles. The highest BCUT2D eigenvalue weighted by molar-refractivity contribution is 9.10. The predicted octanol–water partition coefficient (Wildman–Crippen LogP) is 2.28. The standard InChI is InChI=1S/C12H12BrN3O/c13-11-4-2-1-3-9(11)8-17-12-15-6-5-10(7-14)16-12/h1-6H,7-8,14H2. The maximum absolute atomic E-state index is 5.51. The van der Waals surface area contributed by atoms with Crippen LogP contribution < -0.4 is 10.5 Å². The van der Waals surface area contributed by atoms with Gasteiger partial charge < -0.3 is 10.5 Å². The van der Waals surface area contributed by atoms with Crippen LogP contribution in [0.25, 0.3) is 0 Å². The minimum atomic E-state index is 0.351. The number of hydrogen-bond donors (Lipinski definition) is 1. The first kappa shape index (κ1) is 12.0. The van der Waals surface area contributed by atoms with E-state index in [2.05, 4.69) is 25.9 Å². The molecule has 0 aliphatic carbocycles. The van der Waals surface area contributed by atoms with Crippen molar-refractivity contribution in [1.29, 1.82) is 0 Å². The Morgan fingerprint density at radius 2 is 2.06 bits per heavy atom. The van der Waals surface area contributed by atoms with Crippen LogP contribution >= 0.6 is 15.9 Å². The van der Waals surface area contributed by atoms with Gasteiger partial charge in [-0.15, -0.1) is 0 Å². The molecule has 0 spiro atoms. The molecule has 2 aromatic rings. The van der Waals surface area contributed by atoms with Crippen LogP contribution in [0.5, 0.6) is 6.01 Å². The molecule has 0 aliphatic rings. The molecule has 2 rings (SSSR count). The predicted molar refractivity (Wildman–Crippen MR) is 68.4 cm³/mol. The number of hydrogen-bond acceptors (Lipinski definition) is 4. The van der Waals surface area contributed by atoms with E-state index >= 15 is 0 Å². The fourth-order valence-corrected chi connectivity index (χ4v) is 1.72. The van der Waals surface area contributed by atoms with E-state index < -0.39 is 0 Å². The second-order valence-corrected chi connectivity index (χ2v) is 4.27. The minimum absolute atomic E-state index is 0.351. The fourth-order valence-electron chi connectivity index (χ4n) is 1.32. The van der Waals surface area contributed by atoms with Crippen molar-refractivity contribution < 1.29 is 4.74 Å². The van der Waals surface area contributed by atoms with Crippen LogP contribution in [-0.2, 0) is 13.2 Å². The molecule has 0 unspecified atom stereocenters. The Balaban J connectivity index is 2.05. The Labute approximate surface area is 108 Å². The first-order valence-corrected chi connectivity index (χ1v) is 5.97. The summed E-state index contributed by atoms with van der Waals surface area (Å²) in [4.78, 5) is 8.19. The van der Waals surface area contributed by atoms with E-state index in [1.807, 2.05) is 24.3 Å². The van der Waals surface area contributed by atoms with E-state index in [1.54, 1.807) is 12.3 Å². The number of ether oxygens (including phenoxy) is 1. The van der Waals surface area contributed by atoms with Crippen LogP contribution in [0.2, 0.25) is 0 Å². The first-order chi connectivity index (χ1) is 8.29. The fraction of sp³-hybridized carbons (Fsp3) is 0.167. The highest BCUT2D eigenvalue weighted by Crippen LogP contribution is 2.17. The molecule has 4 nitrogen and oxygen atoms in total. The number of aromatic nitrogens is 2. The van der Waals surface area contributed by atoms with E-state index in [0.29, 0.717) is 19.2 Å². The summed E-state index contributed by atoms with van der Waals surface area (Å²) in [6, 6.07) is 9.99. The van der Waals surface area contributed by atoms with Crippen LogP contribution in [0.3, 0.4) is 0 Å². The molecule has 0 aliphatic heterocycles. The van der Waals surface area contributed by atoms with E-state index in [-0.39, 0.29) is 0 Å². The van der Waals surface area contributed by atoms with Crippen LogP contribution in [0.15, 0.2) is 41.0 Å². The first-order valence-electron chi connectivity index (χ1n) is 5.18. The zero-order valence-electron chi connectivity index (χ0n) is 9.14. The summed E-state index contributed by atoms with van der Waals surface area (Å²) in [6.45, 7) is 0.809. The molecule has 0 atom stereocenters. The highest BCUT2D eigenvalue weighted by Gasteiger charge is 2.02. The third kappa shape index (κ3) is 3.25. The molecular weight excluding hydrogens is 282 g/mol.